The Labute approximate surface area is 438 Å². The lowest BCUT2D eigenvalue weighted by molar-refractivity contribution is 0.0571. The average molecular weight is 991 g/mol. The number of carbonyl (C=O) groups excluding carboxylic acids is 4. The van der Waals surface area contributed by atoms with Gasteiger partial charge in [0, 0.05) is 16.5 Å². The number of hydrogen-bond acceptors (Lipinski definition) is 6. The molecule has 392 valence electrons. The van der Waals surface area contributed by atoms with E-state index >= 15 is 0 Å². The highest BCUT2D eigenvalue weighted by molar-refractivity contribution is 6.33. The summed E-state index contributed by atoms with van der Waals surface area (Å²) >= 11 is 0. The van der Waals surface area contributed by atoms with E-state index in [0.29, 0.717) is 11.4 Å². The smallest absolute Gasteiger partial charge is 0.419 e. The maximum atomic E-state index is 15.0. The fourth-order valence-corrected chi connectivity index (χ4v) is 11.5. The SMILES string of the molecule is CCCCCCCCCCCCC1(CCCCCCCCCCCC)c2cc(C)ccc2-c2ccc(-c3ccc4c(c3)N(C(=O)OC(C)(C)C)/C(=C3\C(=O)c5ccc(C)cc5N3C(=O)OC(C)(C)C)C4=O)cc21. The van der Waals surface area contributed by atoms with Crippen LogP contribution >= 0.6 is 0 Å². The van der Waals surface area contributed by atoms with Gasteiger partial charge in [-0.15, -0.1) is 0 Å². The third-order valence-corrected chi connectivity index (χ3v) is 15.1. The molecule has 1 aliphatic carbocycles. The monoisotopic (exact) mass is 991 g/mol. The maximum Gasteiger partial charge on any atom is 0.419 e. The summed E-state index contributed by atoms with van der Waals surface area (Å²) in [6, 6.07) is 24.6. The predicted octanol–water partition coefficient (Wildman–Crippen LogP) is 18.6. The second-order valence-corrected chi connectivity index (χ2v) is 23.5. The number of hydrogen-bond donors (Lipinski definition) is 0. The molecule has 8 nitrogen and oxygen atoms in total. The van der Waals surface area contributed by atoms with Crippen molar-refractivity contribution in [2.24, 2.45) is 0 Å². The quantitative estimate of drug-likeness (QED) is 0.0543. The maximum absolute atomic E-state index is 15.0. The second kappa shape index (κ2) is 24.2. The van der Waals surface area contributed by atoms with Crippen molar-refractivity contribution in [3.63, 3.8) is 0 Å². The van der Waals surface area contributed by atoms with Crippen LogP contribution in [0.25, 0.3) is 22.3 Å². The van der Waals surface area contributed by atoms with Crippen LogP contribution in [0.1, 0.15) is 240 Å². The number of benzene rings is 4. The lowest BCUT2D eigenvalue weighted by Gasteiger charge is -2.33. The Bertz CT molecular complexity index is 2640. The van der Waals surface area contributed by atoms with Crippen molar-refractivity contribution in [1.82, 2.24) is 0 Å². The molecule has 4 aromatic carbocycles. The van der Waals surface area contributed by atoms with Gasteiger partial charge in [0.1, 0.15) is 22.6 Å². The molecule has 0 aromatic heterocycles. The first-order valence-corrected chi connectivity index (χ1v) is 28.3. The van der Waals surface area contributed by atoms with Gasteiger partial charge in [-0.25, -0.2) is 19.4 Å². The molecule has 8 heteroatoms. The molecule has 73 heavy (non-hydrogen) atoms. The number of amides is 2. The Morgan fingerprint density at radius 3 is 1.22 bits per heavy atom. The van der Waals surface area contributed by atoms with Crippen molar-refractivity contribution in [2.75, 3.05) is 9.80 Å². The summed E-state index contributed by atoms with van der Waals surface area (Å²) in [4.78, 5) is 60.8. The predicted molar refractivity (Wildman–Crippen MR) is 300 cm³/mol. The highest BCUT2D eigenvalue weighted by Gasteiger charge is 2.49. The minimum Gasteiger partial charge on any atom is -0.443 e. The van der Waals surface area contributed by atoms with Crippen LogP contribution in [0.15, 0.2) is 84.2 Å². The van der Waals surface area contributed by atoms with Crippen molar-refractivity contribution < 1.29 is 28.7 Å². The number of anilines is 2. The van der Waals surface area contributed by atoms with Crippen LogP contribution in [0.3, 0.4) is 0 Å². The average Bonchev–Trinajstić information content (AvgIpc) is 3.89. The van der Waals surface area contributed by atoms with Gasteiger partial charge in [0.25, 0.3) is 0 Å². The van der Waals surface area contributed by atoms with Crippen LogP contribution in [0, 0.1) is 13.8 Å². The number of allylic oxidation sites excluding steroid dienone is 2. The zero-order chi connectivity index (χ0) is 52.5. The van der Waals surface area contributed by atoms with Crippen LogP contribution < -0.4 is 9.80 Å². The van der Waals surface area contributed by atoms with E-state index in [1.165, 1.54) is 148 Å². The number of aryl methyl sites for hydroxylation is 2. The molecular weight excluding hydrogens is 905 g/mol. The Kier molecular flexibility index (Phi) is 18.3. The van der Waals surface area contributed by atoms with Crippen molar-refractivity contribution in [2.45, 2.75) is 227 Å². The number of ether oxygens (including phenoxy) is 2. The fourth-order valence-electron chi connectivity index (χ4n) is 11.5. The van der Waals surface area contributed by atoms with Gasteiger partial charge in [-0.1, -0.05) is 190 Å². The van der Waals surface area contributed by atoms with Crippen LogP contribution in [0.4, 0.5) is 21.0 Å². The van der Waals surface area contributed by atoms with Crippen molar-refractivity contribution in [1.29, 1.82) is 0 Å². The Hall–Kier alpha value is -5.50. The molecule has 0 bridgehead atoms. The standard InChI is InChI=1S/C65H86N2O6/c1-11-13-15-17-19-21-23-25-27-29-39-65(40-30-28-26-24-22-20-18-16-14-12-2)53-41-45(3)31-35-49(53)50-37-33-47(43-54(50)65)48-34-38-52-56(44-48)67(62(71)73-64(8,9)10)58(60(52)69)57-59(68)51-36-32-46(4)42-55(51)66(57)61(70)72-63(5,6)7/h31-38,41-44H,11-30,39-40H2,1-10H3/b58-57+. The fraction of sp³-hybridized carbons (Fsp3) is 0.538. The molecule has 0 saturated carbocycles. The van der Waals surface area contributed by atoms with Crippen molar-refractivity contribution in [3.05, 3.63) is 118 Å². The molecule has 0 fully saturated rings. The molecule has 2 amide bonds. The zero-order valence-corrected chi connectivity index (χ0v) is 46.3. The summed E-state index contributed by atoms with van der Waals surface area (Å²) in [5, 5.41) is 0. The summed E-state index contributed by atoms with van der Waals surface area (Å²) in [5.41, 5.74) is 7.89. The first kappa shape index (κ1) is 55.3. The molecule has 0 N–H and O–H groups in total. The number of ketones is 2. The van der Waals surface area contributed by atoms with Crippen molar-refractivity contribution >= 4 is 35.1 Å². The molecule has 4 aromatic rings. The minimum absolute atomic E-state index is 0.152. The third-order valence-electron chi connectivity index (χ3n) is 15.1. The first-order valence-electron chi connectivity index (χ1n) is 28.3. The van der Waals surface area contributed by atoms with Crippen LogP contribution in [0.2, 0.25) is 0 Å². The van der Waals surface area contributed by atoms with E-state index in [1.807, 2.05) is 19.1 Å². The highest BCUT2D eigenvalue weighted by Crippen LogP contribution is 2.56. The van der Waals surface area contributed by atoms with Gasteiger partial charge in [-0.3, -0.25) is 9.59 Å². The van der Waals surface area contributed by atoms with Gasteiger partial charge in [0.15, 0.2) is 0 Å². The third kappa shape index (κ3) is 12.9. The number of carbonyl (C=O) groups is 4. The van der Waals surface area contributed by atoms with Gasteiger partial charge in [-0.05, 0) is 138 Å². The van der Waals surface area contributed by atoms with Gasteiger partial charge in [0.05, 0.1) is 11.4 Å². The van der Waals surface area contributed by atoms with E-state index in [1.54, 1.807) is 65.8 Å². The highest BCUT2D eigenvalue weighted by atomic mass is 16.6. The van der Waals surface area contributed by atoms with Gasteiger partial charge >= 0.3 is 12.2 Å². The van der Waals surface area contributed by atoms with E-state index in [4.69, 9.17) is 9.47 Å². The second-order valence-electron chi connectivity index (χ2n) is 23.5. The summed E-state index contributed by atoms with van der Waals surface area (Å²) in [7, 11) is 0. The molecule has 0 saturated heterocycles. The Morgan fingerprint density at radius 2 is 0.781 bits per heavy atom. The number of rotatable bonds is 23. The number of nitrogens with zero attached hydrogens (tertiary/aromatic N) is 2. The number of fused-ring (bicyclic) bond motifs is 5. The molecule has 3 aliphatic rings. The van der Waals surface area contributed by atoms with E-state index in [-0.39, 0.29) is 27.9 Å². The molecule has 0 spiro atoms. The number of Topliss-reactive ketones (excluding diaryl/α,β-unsaturated/α-hetero) is 2. The molecular formula is C65H86N2O6. The Morgan fingerprint density at radius 1 is 0.438 bits per heavy atom. The topological polar surface area (TPSA) is 93.2 Å². The molecule has 7 rings (SSSR count). The minimum atomic E-state index is -0.944. The summed E-state index contributed by atoms with van der Waals surface area (Å²) in [6.07, 6.45) is 26.4. The first-order chi connectivity index (χ1) is 34.9. The summed E-state index contributed by atoms with van der Waals surface area (Å²) in [6.45, 7) is 19.2. The van der Waals surface area contributed by atoms with E-state index in [2.05, 4.69) is 57.2 Å². The Balaban J connectivity index is 1.27. The van der Waals surface area contributed by atoms with Crippen molar-refractivity contribution in [3.8, 4) is 22.3 Å². The molecule has 0 unspecified atom stereocenters. The largest absolute Gasteiger partial charge is 0.443 e. The van der Waals surface area contributed by atoms with E-state index < -0.39 is 35.0 Å². The van der Waals surface area contributed by atoms with Gasteiger partial charge in [0.2, 0.25) is 11.6 Å². The zero-order valence-electron chi connectivity index (χ0n) is 46.3. The van der Waals surface area contributed by atoms with Gasteiger partial charge < -0.3 is 9.47 Å². The number of unbranched alkanes of at least 4 members (excludes halogenated alkanes) is 18. The van der Waals surface area contributed by atoms with Gasteiger partial charge in [-0.2, -0.15) is 0 Å². The molecule has 2 heterocycles. The van der Waals surface area contributed by atoms with E-state index in [0.717, 1.165) is 47.3 Å². The molecule has 2 aliphatic heterocycles. The summed E-state index contributed by atoms with van der Waals surface area (Å²) in [5.74, 6) is -1.11. The van der Waals surface area contributed by atoms with E-state index in [9.17, 15) is 19.2 Å². The molecule has 0 atom stereocenters. The lowest BCUT2D eigenvalue weighted by atomic mass is 9.70. The lowest BCUT2D eigenvalue weighted by Crippen LogP contribution is -2.40. The van der Waals surface area contributed by atoms with Crippen LogP contribution in [-0.4, -0.2) is 35.0 Å². The van der Waals surface area contributed by atoms with Crippen LogP contribution in [-0.2, 0) is 14.9 Å². The van der Waals surface area contributed by atoms with Crippen LogP contribution in [0.5, 0.6) is 0 Å². The summed E-state index contributed by atoms with van der Waals surface area (Å²) < 4.78 is 11.9. The molecule has 0 radical (unpaired) electrons. The normalized spacial score (nSPS) is 15.7.